The number of carbonyl (C=O) groups excluding carboxylic acids is 1. The number of hydrogen-bond donors (Lipinski definition) is 2. The van der Waals surface area contributed by atoms with E-state index >= 15 is 0 Å². The molecule has 1 aliphatic heterocycles. The Labute approximate surface area is 92.0 Å². The van der Waals surface area contributed by atoms with Crippen LogP contribution in [-0.2, 0) is 4.79 Å². The molecule has 3 nitrogen and oxygen atoms in total. The van der Waals surface area contributed by atoms with Crippen molar-refractivity contribution in [1.29, 1.82) is 0 Å². The Morgan fingerprint density at radius 2 is 1.93 bits per heavy atom. The molecule has 1 heterocycles. The number of carbonyl (C=O) groups is 1. The summed E-state index contributed by atoms with van der Waals surface area (Å²) in [6.45, 7) is 4.16. The lowest BCUT2D eigenvalue weighted by molar-refractivity contribution is -0.127. The summed E-state index contributed by atoms with van der Waals surface area (Å²) < 4.78 is 0. The molecule has 1 saturated heterocycles. The second-order valence-electron chi connectivity index (χ2n) is 4.99. The zero-order valence-electron chi connectivity index (χ0n) is 9.59. The quantitative estimate of drug-likeness (QED) is 0.737. The van der Waals surface area contributed by atoms with Gasteiger partial charge < -0.3 is 10.6 Å². The molecule has 2 N–H and O–H groups in total. The van der Waals surface area contributed by atoms with Gasteiger partial charge in [-0.1, -0.05) is 13.3 Å². The van der Waals surface area contributed by atoms with Crippen molar-refractivity contribution in [2.75, 3.05) is 13.1 Å². The van der Waals surface area contributed by atoms with Gasteiger partial charge in [-0.2, -0.15) is 0 Å². The molecule has 0 aromatic heterocycles. The summed E-state index contributed by atoms with van der Waals surface area (Å²) in [4.78, 5) is 11.9. The van der Waals surface area contributed by atoms with Gasteiger partial charge in [0.1, 0.15) is 0 Å². The van der Waals surface area contributed by atoms with E-state index in [9.17, 15) is 4.79 Å². The highest BCUT2D eigenvalue weighted by atomic mass is 16.2. The molecule has 0 aromatic carbocycles. The SMILES string of the molecule is CCC1CCC(C(=O)NC2CNC2)CC1. The van der Waals surface area contributed by atoms with Gasteiger partial charge in [0.25, 0.3) is 0 Å². The summed E-state index contributed by atoms with van der Waals surface area (Å²) in [5, 5.41) is 6.29. The van der Waals surface area contributed by atoms with Crippen LogP contribution in [0.5, 0.6) is 0 Å². The molecule has 86 valence electrons. The Morgan fingerprint density at radius 3 is 2.40 bits per heavy atom. The van der Waals surface area contributed by atoms with Crippen LogP contribution < -0.4 is 10.6 Å². The van der Waals surface area contributed by atoms with E-state index in [4.69, 9.17) is 0 Å². The molecule has 15 heavy (non-hydrogen) atoms. The van der Waals surface area contributed by atoms with Crippen LogP contribution in [0.4, 0.5) is 0 Å². The second kappa shape index (κ2) is 4.97. The van der Waals surface area contributed by atoms with Gasteiger partial charge >= 0.3 is 0 Å². The van der Waals surface area contributed by atoms with Crippen LogP contribution in [0.3, 0.4) is 0 Å². The van der Waals surface area contributed by atoms with Crippen molar-refractivity contribution in [3.8, 4) is 0 Å². The fraction of sp³-hybridized carbons (Fsp3) is 0.917. The Morgan fingerprint density at radius 1 is 1.27 bits per heavy atom. The van der Waals surface area contributed by atoms with Gasteiger partial charge in [0.15, 0.2) is 0 Å². The molecule has 0 aromatic rings. The van der Waals surface area contributed by atoms with Gasteiger partial charge in [0, 0.05) is 19.0 Å². The number of nitrogens with one attached hydrogen (secondary N) is 2. The van der Waals surface area contributed by atoms with Gasteiger partial charge in [0.05, 0.1) is 6.04 Å². The zero-order valence-corrected chi connectivity index (χ0v) is 9.59. The first-order valence-electron chi connectivity index (χ1n) is 6.30. The van der Waals surface area contributed by atoms with E-state index in [-0.39, 0.29) is 0 Å². The Balaban J connectivity index is 1.71. The molecule has 0 spiro atoms. The van der Waals surface area contributed by atoms with Crippen LogP contribution >= 0.6 is 0 Å². The summed E-state index contributed by atoms with van der Waals surface area (Å²) in [6, 6.07) is 0.404. The monoisotopic (exact) mass is 210 g/mol. The van der Waals surface area contributed by atoms with Crippen LogP contribution in [0.25, 0.3) is 0 Å². The van der Waals surface area contributed by atoms with E-state index in [0.717, 1.165) is 31.8 Å². The van der Waals surface area contributed by atoms with Crippen molar-refractivity contribution in [2.45, 2.75) is 45.1 Å². The van der Waals surface area contributed by atoms with Crippen molar-refractivity contribution in [1.82, 2.24) is 10.6 Å². The highest BCUT2D eigenvalue weighted by Gasteiger charge is 2.28. The minimum atomic E-state index is 0.299. The van der Waals surface area contributed by atoms with Crippen LogP contribution in [0.2, 0.25) is 0 Å². The number of rotatable bonds is 3. The molecule has 0 unspecified atom stereocenters. The molecular formula is C12H22N2O. The normalized spacial score (nSPS) is 32.1. The highest BCUT2D eigenvalue weighted by Crippen LogP contribution is 2.30. The summed E-state index contributed by atoms with van der Waals surface area (Å²) >= 11 is 0. The third-order valence-electron chi connectivity index (χ3n) is 3.92. The Kier molecular flexibility index (Phi) is 3.62. The maximum absolute atomic E-state index is 11.9. The largest absolute Gasteiger partial charge is 0.351 e. The fourth-order valence-electron chi connectivity index (χ4n) is 2.54. The molecule has 2 rings (SSSR count). The minimum absolute atomic E-state index is 0.299. The van der Waals surface area contributed by atoms with E-state index < -0.39 is 0 Å². The van der Waals surface area contributed by atoms with Crippen molar-refractivity contribution >= 4 is 5.91 Å². The lowest BCUT2D eigenvalue weighted by atomic mass is 9.80. The lowest BCUT2D eigenvalue weighted by Crippen LogP contribution is -2.58. The average molecular weight is 210 g/mol. The third-order valence-corrected chi connectivity index (χ3v) is 3.92. The summed E-state index contributed by atoms with van der Waals surface area (Å²) in [7, 11) is 0. The Hall–Kier alpha value is -0.570. The molecular weight excluding hydrogens is 188 g/mol. The predicted molar refractivity (Wildman–Crippen MR) is 60.5 cm³/mol. The Bertz CT molecular complexity index is 218. The predicted octanol–water partition coefficient (Wildman–Crippen LogP) is 1.29. The smallest absolute Gasteiger partial charge is 0.223 e. The highest BCUT2D eigenvalue weighted by molar-refractivity contribution is 5.79. The van der Waals surface area contributed by atoms with E-state index in [1.54, 1.807) is 0 Å². The standard InChI is InChI=1S/C12H22N2O/c1-2-9-3-5-10(6-4-9)12(15)14-11-7-13-8-11/h9-11,13H,2-8H2,1H3,(H,14,15). The molecule has 3 heteroatoms. The average Bonchev–Trinajstić information content (AvgIpc) is 2.23. The number of hydrogen-bond acceptors (Lipinski definition) is 2. The zero-order chi connectivity index (χ0) is 10.7. The van der Waals surface area contributed by atoms with E-state index in [0.29, 0.717) is 17.9 Å². The van der Waals surface area contributed by atoms with E-state index in [2.05, 4.69) is 17.6 Å². The molecule has 0 radical (unpaired) electrons. The summed E-state index contributed by atoms with van der Waals surface area (Å²) in [5.41, 5.74) is 0. The fourth-order valence-corrected chi connectivity index (χ4v) is 2.54. The molecule has 1 amide bonds. The molecule has 2 fully saturated rings. The van der Waals surface area contributed by atoms with E-state index in [1.807, 2.05) is 0 Å². The first-order chi connectivity index (χ1) is 7.29. The van der Waals surface area contributed by atoms with Crippen molar-refractivity contribution in [3.63, 3.8) is 0 Å². The molecule has 1 saturated carbocycles. The van der Waals surface area contributed by atoms with Gasteiger partial charge in [-0.3, -0.25) is 4.79 Å². The first-order valence-corrected chi connectivity index (χ1v) is 6.30. The van der Waals surface area contributed by atoms with Crippen LogP contribution in [0.1, 0.15) is 39.0 Å². The van der Waals surface area contributed by atoms with Gasteiger partial charge in [-0.15, -0.1) is 0 Å². The first kappa shape index (κ1) is 10.9. The van der Waals surface area contributed by atoms with Gasteiger partial charge in [0.2, 0.25) is 5.91 Å². The summed E-state index contributed by atoms with van der Waals surface area (Å²) in [5.74, 6) is 1.48. The second-order valence-corrected chi connectivity index (χ2v) is 4.99. The van der Waals surface area contributed by atoms with Gasteiger partial charge in [-0.05, 0) is 31.6 Å². The van der Waals surface area contributed by atoms with Crippen molar-refractivity contribution < 1.29 is 4.79 Å². The van der Waals surface area contributed by atoms with Crippen LogP contribution in [0, 0.1) is 11.8 Å². The van der Waals surface area contributed by atoms with Crippen LogP contribution in [0.15, 0.2) is 0 Å². The molecule has 0 atom stereocenters. The molecule has 2 aliphatic rings. The molecule has 1 aliphatic carbocycles. The van der Waals surface area contributed by atoms with Crippen molar-refractivity contribution in [2.24, 2.45) is 11.8 Å². The van der Waals surface area contributed by atoms with E-state index in [1.165, 1.54) is 19.3 Å². The number of amides is 1. The topological polar surface area (TPSA) is 41.1 Å². The minimum Gasteiger partial charge on any atom is -0.351 e. The maximum Gasteiger partial charge on any atom is 0.223 e. The third kappa shape index (κ3) is 2.71. The summed E-state index contributed by atoms with van der Waals surface area (Å²) in [6.07, 6.45) is 5.98. The lowest BCUT2D eigenvalue weighted by Gasteiger charge is -2.32. The van der Waals surface area contributed by atoms with Crippen molar-refractivity contribution in [3.05, 3.63) is 0 Å². The molecule has 0 bridgehead atoms. The maximum atomic E-state index is 11.9. The van der Waals surface area contributed by atoms with Crippen LogP contribution in [-0.4, -0.2) is 25.0 Å². The van der Waals surface area contributed by atoms with Gasteiger partial charge in [-0.25, -0.2) is 0 Å².